The average molecular weight is 404 g/mol. The first kappa shape index (κ1) is 21.5. The molecule has 0 spiro atoms. The summed E-state index contributed by atoms with van der Waals surface area (Å²) in [6.45, 7) is 13.7. The second-order valence-electron chi connectivity index (χ2n) is 8.48. The van der Waals surface area contributed by atoms with Gasteiger partial charge in [-0.3, -0.25) is 14.4 Å². The number of aryl methyl sites for hydroxylation is 3. The third kappa shape index (κ3) is 5.25. The molecular weight excluding hydrogens is 370 g/mol. The summed E-state index contributed by atoms with van der Waals surface area (Å²) < 4.78 is 13.4. The fourth-order valence-corrected chi connectivity index (χ4v) is 3.74. The van der Waals surface area contributed by atoms with E-state index in [9.17, 15) is 4.79 Å². The van der Waals surface area contributed by atoms with Gasteiger partial charge < -0.3 is 14.2 Å². The van der Waals surface area contributed by atoms with Crippen LogP contribution in [0, 0.1) is 26.7 Å². The lowest BCUT2D eigenvalue weighted by Crippen LogP contribution is -2.40. The highest BCUT2D eigenvalue weighted by molar-refractivity contribution is 5.78. The molecule has 8 nitrogen and oxygen atoms in total. The molecule has 0 N–H and O–H groups in total. The van der Waals surface area contributed by atoms with E-state index in [0.29, 0.717) is 38.7 Å². The van der Waals surface area contributed by atoms with Gasteiger partial charge in [-0.05, 0) is 26.7 Å². The van der Waals surface area contributed by atoms with Gasteiger partial charge in [0, 0.05) is 50.0 Å². The molecular formula is C21H33N5O3. The zero-order chi connectivity index (χ0) is 21.1. The molecule has 3 heterocycles. The molecule has 3 rings (SSSR count). The van der Waals surface area contributed by atoms with Crippen molar-refractivity contribution in [2.24, 2.45) is 13.0 Å². The van der Waals surface area contributed by atoms with E-state index in [1.807, 2.05) is 36.7 Å². The van der Waals surface area contributed by atoms with Crippen LogP contribution in [0.5, 0.6) is 0 Å². The molecule has 1 saturated heterocycles. The number of aromatic nitrogens is 3. The summed E-state index contributed by atoms with van der Waals surface area (Å²) in [5.41, 5.74) is 4.11. The highest BCUT2D eigenvalue weighted by Crippen LogP contribution is 2.18. The van der Waals surface area contributed by atoms with Crippen LogP contribution in [0.15, 0.2) is 10.7 Å². The predicted molar refractivity (Wildman–Crippen MR) is 109 cm³/mol. The van der Waals surface area contributed by atoms with E-state index in [1.54, 1.807) is 0 Å². The van der Waals surface area contributed by atoms with Gasteiger partial charge in [0.15, 0.2) is 0 Å². The van der Waals surface area contributed by atoms with Gasteiger partial charge >= 0.3 is 0 Å². The number of nitrogens with zero attached hydrogens (tertiary/aromatic N) is 5. The van der Waals surface area contributed by atoms with Crippen LogP contribution in [0.25, 0.3) is 0 Å². The van der Waals surface area contributed by atoms with E-state index in [4.69, 9.17) is 9.26 Å². The second-order valence-corrected chi connectivity index (χ2v) is 8.48. The Balaban J connectivity index is 1.74. The molecule has 1 fully saturated rings. The maximum atomic E-state index is 12.9. The van der Waals surface area contributed by atoms with Gasteiger partial charge in [0.2, 0.25) is 5.91 Å². The van der Waals surface area contributed by atoms with Crippen molar-refractivity contribution in [2.45, 2.75) is 53.9 Å². The predicted octanol–water partition coefficient (Wildman–Crippen LogP) is 2.22. The summed E-state index contributed by atoms with van der Waals surface area (Å²) in [7, 11) is 1.94. The lowest BCUT2D eigenvalue weighted by Gasteiger charge is -2.26. The van der Waals surface area contributed by atoms with Crippen LogP contribution >= 0.6 is 0 Å². The average Bonchev–Trinajstić information content (AvgIpc) is 3.08. The monoisotopic (exact) mass is 403 g/mol. The van der Waals surface area contributed by atoms with Crippen molar-refractivity contribution < 1.29 is 14.1 Å². The Morgan fingerprint density at radius 2 is 2.03 bits per heavy atom. The van der Waals surface area contributed by atoms with Crippen molar-refractivity contribution in [3.63, 3.8) is 0 Å². The molecule has 0 saturated carbocycles. The van der Waals surface area contributed by atoms with Crippen molar-refractivity contribution >= 4 is 5.91 Å². The molecule has 1 aliphatic heterocycles. The summed E-state index contributed by atoms with van der Waals surface area (Å²) >= 11 is 0. The summed E-state index contributed by atoms with van der Waals surface area (Å²) in [4.78, 5) is 17.0. The Morgan fingerprint density at radius 1 is 1.28 bits per heavy atom. The zero-order valence-electron chi connectivity index (χ0n) is 18.4. The van der Waals surface area contributed by atoms with Gasteiger partial charge in [-0.15, -0.1) is 0 Å². The highest BCUT2D eigenvalue weighted by atomic mass is 16.5. The molecule has 1 aliphatic rings. The number of ether oxygens (including phenoxy) is 1. The minimum absolute atomic E-state index is 0.0779. The van der Waals surface area contributed by atoms with Crippen LogP contribution in [0.4, 0.5) is 0 Å². The number of rotatable bonds is 7. The van der Waals surface area contributed by atoms with Crippen molar-refractivity contribution in [2.75, 3.05) is 26.2 Å². The van der Waals surface area contributed by atoms with Crippen LogP contribution in [-0.2, 0) is 29.7 Å². The first-order chi connectivity index (χ1) is 13.7. The quantitative estimate of drug-likeness (QED) is 0.706. The molecule has 2 aromatic rings. The van der Waals surface area contributed by atoms with Crippen molar-refractivity contribution in [3.8, 4) is 0 Å². The fraction of sp³-hybridized carbons (Fsp3) is 0.667. The maximum absolute atomic E-state index is 12.9. The van der Waals surface area contributed by atoms with E-state index in [-0.39, 0.29) is 12.0 Å². The standard InChI is InChI=1S/C21H33N5O3/c1-14(2)8-26-11-19(28-13-20-15(3)23-29-17(20)5)10-25(12-21(26)27)9-18-7-22-24(6)16(18)4/h7,14,19H,8-13H2,1-6H3/t19-/m0/s1. The molecule has 0 aliphatic carbocycles. The normalized spacial score (nSPS) is 18.7. The highest BCUT2D eigenvalue weighted by Gasteiger charge is 2.29. The zero-order valence-corrected chi connectivity index (χ0v) is 18.4. The van der Waals surface area contributed by atoms with Crippen LogP contribution in [0.1, 0.15) is 42.1 Å². The first-order valence-corrected chi connectivity index (χ1v) is 10.3. The first-order valence-electron chi connectivity index (χ1n) is 10.3. The molecule has 0 unspecified atom stereocenters. The van der Waals surface area contributed by atoms with E-state index < -0.39 is 0 Å². The summed E-state index contributed by atoms with van der Waals surface area (Å²) in [5, 5.41) is 8.34. The van der Waals surface area contributed by atoms with Gasteiger partial charge in [-0.25, -0.2) is 0 Å². The van der Waals surface area contributed by atoms with E-state index in [0.717, 1.165) is 34.8 Å². The largest absolute Gasteiger partial charge is 0.370 e. The smallest absolute Gasteiger partial charge is 0.236 e. The fourth-order valence-electron chi connectivity index (χ4n) is 3.74. The van der Waals surface area contributed by atoms with E-state index in [1.165, 1.54) is 0 Å². The van der Waals surface area contributed by atoms with Gasteiger partial charge in [-0.1, -0.05) is 19.0 Å². The van der Waals surface area contributed by atoms with Gasteiger partial charge in [0.05, 0.1) is 31.1 Å². The molecule has 8 heteroatoms. The Labute approximate surface area is 172 Å². The molecule has 1 amide bonds. The number of hydrogen-bond acceptors (Lipinski definition) is 6. The number of amides is 1. The third-order valence-corrected chi connectivity index (χ3v) is 5.56. The van der Waals surface area contributed by atoms with Gasteiger partial charge in [-0.2, -0.15) is 5.10 Å². The SMILES string of the molecule is Cc1noc(C)c1CO[C@H]1CN(Cc2cnn(C)c2C)CC(=O)N(CC(C)C)C1. The van der Waals surface area contributed by atoms with Crippen molar-refractivity contribution in [1.82, 2.24) is 24.7 Å². The Hall–Kier alpha value is -2.19. The van der Waals surface area contributed by atoms with Gasteiger partial charge in [0.1, 0.15) is 5.76 Å². The number of carbonyl (C=O) groups is 1. The van der Waals surface area contributed by atoms with Gasteiger partial charge in [0.25, 0.3) is 0 Å². The molecule has 29 heavy (non-hydrogen) atoms. The second kappa shape index (κ2) is 9.09. The van der Waals surface area contributed by atoms with Crippen molar-refractivity contribution in [3.05, 3.63) is 34.5 Å². The summed E-state index contributed by atoms with van der Waals surface area (Å²) in [6.07, 6.45) is 1.81. The lowest BCUT2D eigenvalue weighted by atomic mass is 10.2. The summed E-state index contributed by atoms with van der Waals surface area (Å²) in [6, 6.07) is 0. The summed E-state index contributed by atoms with van der Waals surface area (Å²) in [5.74, 6) is 1.35. The molecule has 0 bridgehead atoms. The van der Waals surface area contributed by atoms with Crippen LogP contribution in [0.3, 0.4) is 0 Å². The molecule has 0 radical (unpaired) electrons. The Morgan fingerprint density at radius 3 is 2.62 bits per heavy atom. The lowest BCUT2D eigenvalue weighted by molar-refractivity contribution is -0.132. The molecule has 160 valence electrons. The number of carbonyl (C=O) groups excluding carboxylic acids is 1. The van der Waals surface area contributed by atoms with Crippen LogP contribution < -0.4 is 0 Å². The topological polar surface area (TPSA) is 76.6 Å². The van der Waals surface area contributed by atoms with Crippen LogP contribution in [0.2, 0.25) is 0 Å². The van der Waals surface area contributed by atoms with E-state index in [2.05, 4.69) is 35.9 Å². The van der Waals surface area contributed by atoms with E-state index >= 15 is 0 Å². The molecule has 0 aromatic carbocycles. The Kier molecular flexibility index (Phi) is 6.74. The maximum Gasteiger partial charge on any atom is 0.236 e. The Bertz CT molecular complexity index is 822. The molecule has 2 aromatic heterocycles. The minimum Gasteiger partial charge on any atom is -0.370 e. The minimum atomic E-state index is -0.0779. The molecule has 1 atom stereocenters. The van der Waals surface area contributed by atoms with Crippen LogP contribution in [-0.4, -0.2) is 62.9 Å². The van der Waals surface area contributed by atoms with Crippen molar-refractivity contribution in [1.29, 1.82) is 0 Å². The number of hydrogen-bond donors (Lipinski definition) is 0. The third-order valence-electron chi connectivity index (χ3n) is 5.56.